The first-order valence-electron chi connectivity index (χ1n) is 10.9. The first kappa shape index (κ1) is 25.9. The number of hydrogen-bond acceptors (Lipinski definition) is 4. The Morgan fingerprint density at radius 3 is 2.75 bits per heavy atom. The first-order chi connectivity index (χ1) is 15.2. The number of nitrogens with one attached hydrogen (secondary N) is 2. The third-order valence-corrected chi connectivity index (χ3v) is 4.91. The van der Waals surface area contributed by atoms with Gasteiger partial charge in [-0.25, -0.2) is 9.98 Å². The van der Waals surface area contributed by atoms with E-state index in [9.17, 15) is 0 Å². The molecule has 3 aromatic rings. The van der Waals surface area contributed by atoms with Crippen molar-refractivity contribution in [3.63, 3.8) is 0 Å². The highest BCUT2D eigenvalue weighted by Gasteiger charge is 2.06. The zero-order valence-corrected chi connectivity index (χ0v) is 21.5. The van der Waals surface area contributed by atoms with E-state index in [1.165, 1.54) is 5.52 Å². The molecule has 0 aliphatic heterocycles. The minimum Gasteiger partial charge on any atom is -0.491 e. The third kappa shape index (κ3) is 7.67. The van der Waals surface area contributed by atoms with Crippen molar-refractivity contribution in [3.8, 4) is 5.75 Å². The zero-order valence-electron chi connectivity index (χ0n) is 19.1. The predicted molar refractivity (Wildman–Crippen MR) is 141 cm³/mol. The van der Waals surface area contributed by atoms with Crippen LogP contribution >= 0.6 is 24.0 Å². The SMILES string of the molecule is CCNC(=NCc1cccc(OCCOC)c1)NCCCn1c(C)nc2ccccc21.I. The number of fused-ring (bicyclic) bond motifs is 1. The van der Waals surface area contributed by atoms with E-state index in [1.807, 2.05) is 24.3 Å². The van der Waals surface area contributed by atoms with Crippen LogP contribution in [0.3, 0.4) is 0 Å². The fraction of sp³-hybridized carbons (Fsp3) is 0.417. The number of aliphatic imine (C=N–C) groups is 1. The van der Waals surface area contributed by atoms with Crippen LogP contribution in [0.25, 0.3) is 11.0 Å². The quantitative estimate of drug-likeness (QED) is 0.162. The van der Waals surface area contributed by atoms with E-state index < -0.39 is 0 Å². The Bertz CT molecular complexity index is 989. The second kappa shape index (κ2) is 13.9. The minimum absolute atomic E-state index is 0. The average molecular weight is 551 g/mol. The second-order valence-electron chi connectivity index (χ2n) is 7.26. The van der Waals surface area contributed by atoms with Gasteiger partial charge >= 0.3 is 0 Å². The number of benzene rings is 2. The molecule has 7 nitrogen and oxygen atoms in total. The summed E-state index contributed by atoms with van der Waals surface area (Å²) in [6.45, 7) is 8.40. The summed E-state index contributed by atoms with van der Waals surface area (Å²) in [5, 5.41) is 6.75. The topological polar surface area (TPSA) is 72.7 Å². The lowest BCUT2D eigenvalue weighted by Gasteiger charge is -2.12. The summed E-state index contributed by atoms with van der Waals surface area (Å²) in [6, 6.07) is 16.3. The standard InChI is InChI=1S/C24H33N5O2.HI/c1-4-25-24(27-18-20-9-7-10-21(17-20)31-16-15-30-3)26-13-8-14-29-19(2)28-22-11-5-6-12-23(22)29;/h5-7,9-12,17H,4,8,13-16,18H2,1-3H3,(H2,25,26,27);1H. The number of nitrogens with zero attached hydrogens (tertiary/aromatic N) is 3. The Morgan fingerprint density at radius 1 is 1.09 bits per heavy atom. The maximum atomic E-state index is 5.68. The highest BCUT2D eigenvalue weighted by molar-refractivity contribution is 14.0. The number of rotatable bonds is 11. The molecule has 0 unspecified atom stereocenters. The highest BCUT2D eigenvalue weighted by Crippen LogP contribution is 2.16. The zero-order chi connectivity index (χ0) is 21.9. The minimum atomic E-state index is 0. The van der Waals surface area contributed by atoms with Crippen LogP contribution < -0.4 is 15.4 Å². The van der Waals surface area contributed by atoms with Crippen LogP contribution in [-0.2, 0) is 17.8 Å². The van der Waals surface area contributed by atoms with Crippen LogP contribution in [0.15, 0.2) is 53.5 Å². The number of hydrogen-bond donors (Lipinski definition) is 2. The average Bonchev–Trinajstić information content (AvgIpc) is 3.10. The van der Waals surface area contributed by atoms with Gasteiger partial charge in [-0.1, -0.05) is 24.3 Å². The summed E-state index contributed by atoms with van der Waals surface area (Å²) in [5.41, 5.74) is 3.34. The van der Waals surface area contributed by atoms with Crippen molar-refractivity contribution >= 4 is 41.0 Å². The molecule has 0 saturated heterocycles. The lowest BCUT2D eigenvalue weighted by Crippen LogP contribution is -2.38. The van der Waals surface area contributed by atoms with E-state index in [1.54, 1.807) is 7.11 Å². The maximum Gasteiger partial charge on any atom is 0.191 e. The summed E-state index contributed by atoms with van der Waals surface area (Å²) in [5.74, 6) is 2.71. The van der Waals surface area contributed by atoms with Gasteiger partial charge in [-0.05, 0) is 50.1 Å². The van der Waals surface area contributed by atoms with Crippen molar-refractivity contribution in [1.82, 2.24) is 20.2 Å². The normalized spacial score (nSPS) is 11.3. The van der Waals surface area contributed by atoms with E-state index in [0.717, 1.165) is 54.7 Å². The summed E-state index contributed by atoms with van der Waals surface area (Å²) in [6.07, 6.45) is 0.981. The van der Waals surface area contributed by atoms with Crippen molar-refractivity contribution in [3.05, 3.63) is 59.9 Å². The molecular formula is C24H34IN5O2. The van der Waals surface area contributed by atoms with Crippen LogP contribution in [-0.4, -0.2) is 48.9 Å². The summed E-state index contributed by atoms with van der Waals surface area (Å²) < 4.78 is 13.0. The number of halogens is 1. The Morgan fingerprint density at radius 2 is 1.94 bits per heavy atom. The van der Waals surface area contributed by atoms with E-state index in [4.69, 9.17) is 14.5 Å². The molecule has 0 atom stereocenters. The molecule has 3 rings (SSSR count). The van der Waals surface area contributed by atoms with Gasteiger partial charge in [-0.15, -0.1) is 24.0 Å². The van der Waals surface area contributed by atoms with Gasteiger partial charge in [-0.3, -0.25) is 0 Å². The van der Waals surface area contributed by atoms with E-state index in [-0.39, 0.29) is 24.0 Å². The molecule has 0 radical (unpaired) electrons. The van der Waals surface area contributed by atoms with Gasteiger partial charge in [0.1, 0.15) is 18.2 Å². The molecule has 2 aromatic carbocycles. The van der Waals surface area contributed by atoms with Crippen LogP contribution in [0, 0.1) is 6.92 Å². The summed E-state index contributed by atoms with van der Waals surface area (Å²) >= 11 is 0. The van der Waals surface area contributed by atoms with Gasteiger partial charge in [0.2, 0.25) is 0 Å². The molecule has 32 heavy (non-hydrogen) atoms. The number of guanidine groups is 1. The molecule has 174 valence electrons. The van der Waals surface area contributed by atoms with Crippen LogP contribution in [0.5, 0.6) is 5.75 Å². The van der Waals surface area contributed by atoms with Gasteiger partial charge in [0, 0.05) is 26.7 Å². The van der Waals surface area contributed by atoms with E-state index >= 15 is 0 Å². The highest BCUT2D eigenvalue weighted by atomic mass is 127. The van der Waals surface area contributed by atoms with Crippen molar-refractivity contribution in [2.45, 2.75) is 33.4 Å². The van der Waals surface area contributed by atoms with Crippen molar-refractivity contribution in [2.24, 2.45) is 4.99 Å². The van der Waals surface area contributed by atoms with Gasteiger partial charge in [0.15, 0.2) is 5.96 Å². The van der Waals surface area contributed by atoms with Gasteiger partial charge in [0.05, 0.1) is 24.2 Å². The van der Waals surface area contributed by atoms with Crippen molar-refractivity contribution in [1.29, 1.82) is 0 Å². The van der Waals surface area contributed by atoms with E-state index in [2.05, 4.69) is 58.3 Å². The number of imidazole rings is 1. The largest absolute Gasteiger partial charge is 0.491 e. The molecule has 0 fully saturated rings. The molecule has 0 amide bonds. The van der Waals surface area contributed by atoms with E-state index in [0.29, 0.717) is 19.8 Å². The Kier molecular flexibility index (Phi) is 11.3. The van der Waals surface area contributed by atoms with Crippen molar-refractivity contribution < 1.29 is 9.47 Å². The molecule has 0 saturated carbocycles. The summed E-state index contributed by atoms with van der Waals surface area (Å²) in [4.78, 5) is 9.36. The molecule has 1 aromatic heterocycles. The van der Waals surface area contributed by atoms with Crippen LogP contribution in [0.4, 0.5) is 0 Å². The van der Waals surface area contributed by atoms with Crippen molar-refractivity contribution in [2.75, 3.05) is 33.4 Å². The maximum absolute atomic E-state index is 5.68. The lowest BCUT2D eigenvalue weighted by molar-refractivity contribution is 0.146. The molecule has 0 aliphatic carbocycles. The molecule has 0 aliphatic rings. The predicted octanol–water partition coefficient (Wildman–Crippen LogP) is 4.13. The molecule has 0 spiro atoms. The van der Waals surface area contributed by atoms with Gasteiger partial charge < -0.3 is 24.7 Å². The number of aryl methyl sites for hydroxylation is 2. The summed E-state index contributed by atoms with van der Waals surface area (Å²) in [7, 11) is 1.67. The Hall–Kier alpha value is -2.33. The second-order valence-corrected chi connectivity index (χ2v) is 7.26. The number of aromatic nitrogens is 2. The van der Waals surface area contributed by atoms with Gasteiger partial charge in [-0.2, -0.15) is 0 Å². The lowest BCUT2D eigenvalue weighted by atomic mass is 10.2. The number of ether oxygens (including phenoxy) is 2. The molecular weight excluding hydrogens is 517 g/mol. The fourth-order valence-electron chi connectivity index (χ4n) is 3.41. The van der Waals surface area contributed by atoms with Crippen LogP contribution in [0.2, 0.25) is 0 Å². The van der Waals surface area contributed by atoms with Gasteiger partial charge in [0.25, 0.3) is 0 Å². The van der Waals surface area contributed by atoms with Crippen LogP contribution in [0.1, 0.15) is 24.7 Å². The number of methoxy groups -OCH3 is 1. The fourth-order valence-corrected chi connectivity index (χ4v) is 3.41. The smallest absolute Gasteiger partial charge is 0.191 e. The molecule has 8 heteroatoms. The third-order valence-electron chi connectivity index (χ3n) is 4.91. The molecule has 0 bridgehead atoms. The monoisotopic (exact) mass is 551 g/mol. The number of para-hydroxylation sites is 2. The Labute approximate surface area is 207 Å². The molecule has 1 heterocycles. The molecule has 2 N–H and O–H groups in total. The Balaban J connectivity index is 0.00000363. The first-order valence-corrected chi connectivity index (χ1v) is 10.9.